The average Bonchev–Trinajstić information content (AvgIpc) is 2.73. The molecule has 0 radical (unpaired) electrons. The quantitative estimate of drug-likeness (QED) is 0.757. The molecule has 4 bridgehead atoms. The Morgan fingerprint density at radius 2 is 1.73 bits per heavy atom. The van der Waals surface area contributed by atoms with Gasteiger partial charge in [-0.05, 0) is 87.3 Å². The van der Waals surface area contributed by atoms with Crippen LogP contribution in [0.15, 0.2) is 30.3 Å². The number of likely N-dealkylation sites (tertiary alicyclic amines) is 1. The van der Waals surface area contributed by atoms with Crippen molar-refractivity contribution in [3.63, 3.8) is 0 Å². The second-order valence-corrected chi connectivity index (χ2v) is 10.5. The van der Waals surface area contributed by atoms with Gasteiger partial charge in [-0.15, -0.1) is 0 Å². The summed E-state index contributed by atoms with van der Waals surface area (Å²) in [6.45, 7) is 2.03. The van der Waals surface area contributed by atoms with Crippen LogP contribution in [0.2, 0.25) is 0 Å². The van der Waals surface area contributed by atoms with Crippen molar-refractivity contribution in [2.75, 3.05) is 26.7 Å². The zero-order valence-corrected chi connectivity index (χ0v) is 18.1. The minimum absolute atomic E-state index is 0.0109. The monoisotopic (exact) mass is 410 g/mol. The number of rotatable bonds is 5. The first-order chi connectivity index (χ1) is 14.5. The van der Waals surface area contributed by atoms with Gasteiger partial charge in [0.2, 0.25) is 5.91 Å². The first kappa shape index (κ1) is 20.0. The van der Waals surface area contributed by atoms with Crippen molar-refractivity contribution in [2.45, 2.75) is 62.3 Å². The van der Waals surface area contributed by atoms with Gasteiger partial charge in [0.1, 0.15) is 0 Å². The highest BCUT2D eigenvalue weighted by Crippen LogP contribution is 2.62. The highest BCUT2D eigenvalue weighted by molar-refractivity contribution is 5.79. The molecule has 5 nitrogen and oxygen atoms in total. The van der Waals surface area contributed by atoms with E-state index in [4.69, 9.17) is 4.74 Å². The Balaban J connectivity index is 1.24. The Bertz CT molecular complexity index is 786. The van der Waals surface area contributed by atoms with Gasteiger partial charge in [-0.2, -0.15) is 0 Å². The third-order valence-corrected chi connectivity index (χ3v) is 8.34. The summed E-state index contributed by atoms with van der Waals surface area (Å²) in [4.78, 5) is 27.0. The number of amides is 1. The molecule has 1 heterocycles. The van der Waals surface area contributed by atoms with Crippen LogP contribution in [-0.2, 0) is 19.7 Å². The average molecular weight is 411 g/mol. The molecular weight excluding hydrogens is 376 g/mol. The van der Waals surface area contributed by atoms with Crippen LogP contribution in [0.25, 0.3) is 0 Å². The van der Waals surface area contributed by atoms with E-state index < -0.39 is 0 Å². The maximum Gasteiger partial charge on any atom is 0.308 e. The molecule has 2 atom stereocenters. The number of methoxy groups -OCH3 is 1. The number of nitrogens with zero attached hydrogens (tertiary/aromatic N) is 1. The summed E-state index contributed by atoms with van der Waals surface area (Å²) in [6.07, 6.45) is 8.86. The van der Waals surface area contributed by atoms with E-state index in [1.807, 2.05) is 0 Å². The van der Waals surface area contributed by atoms with Crippen LogP contribution in [0, 0.1) is 17.8 Å². The normalized spacial score (nSPS) is 35.9. The number of carbonyl (C=O) groups excluding carboxylic acids is 2. The third-order valence-electron chi connectivity index (χ3n) is 8.34. The Labute approximate surface area is 179 Å². The molecule has 6 rings (SSSR count). The lowest BCUT2D eigenvalue weighted by atomic mass is 9.45. The number of nitrogens with one attached hydrogen (secondary N) is 1. The van der Waals surface area contributed by atoms with E-state index in [2.05, 4.69) is 40.5 Å². The molecule has 30 heavy (non-hydrogen) atoms. The molecule has 2 unspecified atom stereocenters. The Hall–Kier alpha value is -1.88. The lowest BCUT2D eigenvalue weighted by molar-refractivity contribution is -0.147. The first-order valence-corrected chi connectivity index (χ1v) is 11.7. The number of hydrogen-bond donors (Lipinski definition) is 1. The number of ether oxygens (including phenoxy) is 1. The first-order valence-electron chi connectivity index (χ1n) is 11.7. The van der Waals surface area contributed by atoms with Crippen molar-refractivity contribution in [2.24, 2.45) is 17.8 Å². The maximum atomic E-state index is 13.1. The molecule has 5 heteroatoms. The highest BCUT2D eigenvalue weighted by atomic mass is 16.5. The van der Waals surface area contributed by atoms with Crippen LogP contribution in [0.1, 0.15) is 56.9 Å². The highest BCUT2D eigenvalue weighted by Gasteiger charge is 2.58. The van der Waals surface area contributed by atoms with Crippen molar-refractivity contribution >= 4 is 11.9 Å². The predicted molar refractivity (Wildman–Crippen MR) is 115 cm³/mol. The van der Waals surface area contributed by atoms with Gasteiger partial charge in [0.15, 0.2) is 0 Å². The van der Waals surface area contributed by atoms with Crippen LogP contribution in [-0.4, -0.2) is 49.1 Å². The summed E-state index contributed by atoms with van der Waals surface area (Å²) in [6, 6.07) is 11.0. The van der Waals surface area contributed by atoms with Crippen LogP contribution >= 0.6 is 0 Å². The lowest BCUT2D eigenvalue weighted by Gasteiger charge is -2.62. The number of carbonyl (C=O) groups is 2. The molecule has 5 aliphatic rings. The van der Waals surface area contributed by atoms with Gasteiger partial charge in [-0.1, -0.05) is 30.3 Å². The van der Waals surface area contributed by atoms with Crippen molar-refractivity contribution < 1.29 is 14.3 Å². The summed E-state index contributed by atoms with van der Waals surface area (Å²) in [5, 5.41) is 3.54. The van der Waals surface area contributed by atoms with Gasteiger partial charge in [0.25, 0.3) is 0 Å². The Morgan fingerprint density at radius 3 is 2.37 bits per heavy atom. The summed E-state index contributed by atoms with van der Waals surface area (Å²) in [7, 11) is 1.45. The van der Waals surface area contributed by atoms with Crippen LogP contribution in [0.4, 0.5) is 0 Å². The van der Waals surface area contributed by atoms with Gasteiger partial charge in [0.05, 0.1) is 19.6 Å². The van der Waals surface area contributed by atoms with Gasteiger partial charge < -0.3 is 10.1 Å². The largest absolute Gasteiger partial charge is 0.469 e. The van der Waals surface area contributed by atoms with Gasteiger partial charge in [-0.3, -0.25) is 14.5 Å². The molecule has 1 saturated heterocycles. The number of esters is 1. The molecule has 1 aromatic carbocycles. The molecule has 0 spiro atoms. The summed E-state index contributed by atoms with van der Waals surface area (Å²) < 4.78 is 4.87. The second kappa shape index (κ2) is 7.67. The van der Waals surface area contributed by atoms with E-state index in [0.717, 1.165) is 57.0 Å². The topological polar surface area (TPSA) is 58.6 Å². The smallest absolute Gasteiger partial charge is 0.308 e. The van der Waals surface area contributed by atoms with Gasteiger partial charge in [-0.25, -0.2) is 0 Å². The third kappa shape index (κ3) is 3.66. The van der Waals surface area contributed by atoms with Crippen molar-refractivity contribution in [3.8, 4) is 0 Å². The molecule has 162 valence electrons. The number of hydrogen-bond acceptors (Lipinski definition) is 4. The van der Waals surface area contributed by atoms with E-state index in [9.17, 15) is 9.59 Å². The minimum Gasteiger partial charge on any atom is -0.469 e. The van der Waals surface area contributed by atoms with E-state index in [1.54, 1.807) is 0 Å². The van der Waals surface area contributed by atoms with E-state index in [1.165, 1.54) is 31.9 Å². The Morgan fingerprint density at radius 1 is 1.07 bits per heavy atom. The van der Waals surface area contributed by atoms with E-state index in [-0.39, 0.29) is 28.7 Å². The molecule has 4 saturated carbocycles. The van der Waals surface area contributed by atoms with Crippen LogP contribution in [0.5, 0.6) is 0 Å². The predicted octanol–water partition coefficient (Wildman–Crippen LogP) is 3.28. The zero-order chi connectivity index (χ0) is 20.8. The Kier molecular flexibility index (Phi) is 5.12. The molecule has 1 aliphatic heterocycles. The molecule has 0 aromatic heterocycles. The fourth-order valence-corrected chi connectivity index (χ4v) is 7.57. The SMILES string of the molecule is COC(=O)C1CCN(CC(=O)NC23CC4CC(C2)CC(c2ccccc2)(C4)C3)CC1. The maximum absolute atomic E-state index is 13.1. The lowest BCUT2D eigenvalue weighted by Crippen LogP contribution is -2.65. The summed E-state index contributed by atoms with van der Waals surface area (Å²) >= 11 is 0. The fraction of sp³-hybridized carbons (Fsp3) is 0.680. The van der Waals surface area contributed by atoms with Crippen LogP contribution < -0.4 is 5.32 Å². The molecule has 1 aromatic rings. The van der Waals surface area contributed by atoms with Crippen molar-refractivity contribution in [1.82, 2.24) is 10.2 Å². The number of piperidine rings is 1. The number of benzene rings is 1. The van der Waals surface area contributed by atoms with Gasteiger partial charge in [0, 0.05) is 5.54 Å². The van der Waals surface area contributed by atoms with E-state index in [0.29, 0.717) is 6.54 Å². The van der Waals surface area contributed by atoms with Crippen molar-refractivity contribution in [3.05, 3.63) is 35.9 Å². The van der Waals surface area contributed by atoms with E-state index >= 15 is 0 Å². The summed E-state index contributed by atoms with van der Waals surface area (Å²) in [5.41, 5.74) is 1.70. The summed E-state index contributed by atoms with van der Waals surface area (Å²) in [5.74, 6) is 1.52. The molecule has 5 fully saturated rings. The molecule has 4 aliphatic carbocycles. The fourth-order valence-electron chi connectivity index (χ4n) is 7.57. The molecule has 1 amide bonds. The van der Waals surface area contributed by atoms with Crippen molar-refractivity contribution in [1.29, 1.82) is 0 Å². The van der Waals surface area contributed by atoms with Crippen LogP contribution in [0.3, 0.4) is 0 Å². The standard InChI is InChI=1S/C25H34N2O3/c1-30-23(29)20-7-9-27(10-8-20)16-22(28)26-25-14-18-11-19(15-25)13-24(12-18,17-25)21-5-3-2-4-6-21/h2-6,18-20H,7-17H2,1H3,(H,26,28). The zero-order valence-electron chi connectivity index (χ0n) is 18.1. The van der Waals surface area contributed by atoms with Gasteiger partial charge >= 0.3 is 5.97 Å². The minimum atomic E-state index is -0.112. The molecular formula is C25H34N2O3. The molecule has 1 N–H and O–H groups in total. The second-order valence-electron chi connectivity index (χ2n) is 10.5.